The lowest BCUT2D eigenvalue weighted by molar-refractivity contribution is -0.0914. The highest BCUT2D eigenvalue weighted by atomic mass is 16.5. The van der Waals surface area contributed by atoms with Crippen LogP contribution < -0.4 is 9.47 Å². The summed E-state index contributed by atoms with van der Waals surface area (Å²) < 4.78 is 13.1. The molecule has 2 aromatic rings. The molecule has 3 fully saturated rings. The molecule has 2 saturated carbocycles. The first-order chi connectivity index (χ1) is 20.5. The Morgan fingerprint density at radius 3 is 2.64 bits per heavy atom. The zero-order valence-electron chi connectivity index (χ0n) is 26.1. The maximum absolute atomic E-state index is 10.2. The van der Waals surface area contributed by atoms with Crippen LogP contribution in [0.1, 0.15) is 81.9 Å². The van der Waals surface area contributed by atoms with E-state index in [1.807, 2.05) is 0 Å². The van der Waals surface area contributed by atoms with E-state index in [1.54, 1.807) is 7.11 Å². The van der Waals surface area contributed by atoms with E-state index in [0.29, 0.717) is 29.8 Å². The van der Waals surface area contributed by atoms with Gasteiger partial charge in [0.15, 0.2) is 11.5 Å². The van der Waals surface area contributed by atoms with E-state index in [0.717, 1.165) is 44.0 Å². The zero-order chi connectivity index (χ0) is 28.8. The van der Waals surface area contributed by atoms with Gasteiger partial charge in [-0.25, -0.2) is 0 Å². The number of nitrogens with zero attached hydrogens (tertiary/aromatic N) is 2. The Morgan fingerprint density at radius 1 is 1.07 bits per heavy atom. The van der Waals surface area contributed by atoms with Gasteiger partial charge in [0.1, 0.15) is 6.10 Å². The van der Waals surface area contributed by atoms with Crippen molar-refractivity contribution in [2.24, 2.45) is 17.8 Å². The molecular weight excluding hydrogens is 520 g/mol. The predicted octanol–water partition coefficient (Wildman–Crippen LogP) is 6.24. The number of aryl methyl sites for hydroxylation is 1. The van der Waals surface area contributed by atoms with Crippen LogP contribution in [0.3, 0.4) is 0 Å². The Labute approximate surface area is 253 Å². The second-order valence-corrected chi connectivity index (χ2v) is 14.6. The summed E-state index contributed by atoms with van der Waals surface area (Å²) in [6, 6.07) is 16.5. The third kappa shape index (κ3) is 5.08. The number of piperidine rings is 1. The highest BCUT2D eigenvalue weighted by molar-refractivity contribution is 5.61. The topological polar surface area (TPSA) is 45.2 Å². The second-order valence-electron chi connectivity index (χ2n) is 14.6. The molecule has 3 aliphatic carbocycles. The van der Waals surface area contributed by atoms with E-state index in [-0.39, 0.29) is 17.6 Å². The van der Waals surface area contributed by atoms with Crippen molar-refractivity contribution in [2.45, 2.75) is 108 Å². The minimum absolute atomic E-state index is 0.0751. The number of rotatable bonds is 13. The minimum Gasteiger partial charge on any atom is -0.493 e. The summed E-state index contributed by atoms with van der Waals surface area (Å²) in [6.07, 6.45) is 12.2. The summed E-state index contributed by atoms with van der Waals surface area (Å²) in [5.41, 5.74) is 4.56. The Kier molecular flexibility index (Phi) is 8.04. The van der Waals surface area contributed by atoms with Crippen molar-refractivity contribution in [2.75, 3.05) is 33.3 Å². The lowest BCUT2D eigenvalue weighted by Crippen LogP contribution is -2.69. The molecular formula is C37H52N2O3. The predicted molar refractivity (Wildman–Crippen MR) is 168 cm³/mol. The molecule has 0 radical (unpaired) electrons. The average molecular weight is 573 g/mol. The number of hydrogen-bond donors (Lipinski definition) is 1. The fourth-order valence-electron chi connectivity index (χ4n) is 9.58. The maximum atomic E-state index is 10.2. The SMILES string of the molecule is COc1ccc2c3c1O[C@H]1[C@@H](N(CCCCCCc4ccccc4)CC(C)C)CC[C@H]4[C@@H](C2)N(CC2CC2O)CC[C@@]341. The van der Waals surface area contributed by atoms with Crippen molar-refractivity contribution in [3.63, 3.8) is 0 Å². The van der Waals surface area contributed by atoms with E-state index < -0.39 is 0 Å². The fraction of sp³-hybridized carbons (Fsp3) is 0.676. The first-order valence-corrected chi connectivity index (χ1v) is 17.1. The van der Waals surface area contributed by atoms with Crippen LogP contribution in [0.4, 0.5) is 0 Å². The Morgan fingerprint density at radius 2 is 1.88 bits per heavy atom. The molecule has 2 aromatic carbocycles. The van der Waals surface area contributed by atoms with Crippen LogP contribution >= 0.6 is 0 Å². The molecule has 42 heavy (non-hydrogen) atoms. The number of likely N-dealkylation sites (tertiary alicyclic amines) is 1. The number of unbranched alkanes of at least 4 members (excludes halogenated alkanes) is 3. The van der Waals surface area contributed by atoms with E-state index in [9.17, 15) is 5.11 Å². The van der Waals surface area contributed by atoms with E-state index in [2.05, 4.69) is 66.1 Å². The Balaban J connectivity index is 1.10. The molecule has 7 atom stereocenters. The number of aliphatic hydroxyl groups excluding tert-OH is 1. The summed E-state index contributed by atoms with van der Waals surface area (Å²) in [4.78, 5) is 5.60. The van der Waals surface area contributed by atoms with E-state index >= 15 is 0 Å². The van der Waals surface area contributed by atoms with Gasteiger partial charge in [-0.05, 0) is 93.5 Å². The number of methoxy groups -OCH3 is 1. The molecule has 1 N–H and O–H groups in total. The highest BCUT2D eigenvalue weighted by Crippen LogP contribution is 2.64. The van der Waals surface area contributed by atoms with Crippen LogP contribution in [-0.2, 0) is 18.3 Å². The third-order valence-electron chi connectivity index (χ3n) is 11.5. The van der Waals surface area contributed by atoms with Crippen LogP contribution in [0.2, 0.25) is 0 Å². The largest absolute Gasteiger partial charge is 0.493 e. The summed E-state index contributed by atoms with van der Waals surface area (Å²) >= 11 is 0. The molecule has 7 rings (SSSR count). The highest BCUT2D eigenvalue weighted by Gasteiger charge is 2.66. The first kappa shape index (κ1) is 28.7. The summed E-state index contributed by atoms with van der Waals surface area (Å²) in [5.74, 6) is 3.73. The standard InChI is InChI=1S/C37H52N2O3/c1-25(2)23-38(19-10-5-4-7-11-26-12-8-6-9-13-26)30-16-15-29-31-21-27-14-17-33(41-3)35-34(27)37(29,36(30)42-35)18-20-39(31)24-28-22-32(28)40/h6,8-9,12-14,17,25,28-32,36,40H,4-5,7,10-11,15-16,18-24H2,1-3H3/t28?,29-,30-,31+,32?,36-,37-/m0/s1. The summed E-state index contributed by atoms with van der Waals surface area (Å²) in [7, 11) is 1.80. The fourth-order valence-corrected chi connectivity index (χ4v) is 9.58. The van der Waals surface area contributed by atoms with Crippen LogP contribution in [0.5, 0.6) is 11.5 Å². The van der Waals surface area contributed by atoms with Crippen LogP contribution in [0, 0.1) is 17.8 Å². The molecule has 2 heterocycles. The Bertz CT molecular complexity index is 1230. The molecule has 5 nitrogen and oxygen atoms in total. The van der Waals surface area contributed by atoms with Gasteiger partial charge in [0.25, 0.3) is 0 Å². The monoisotopic (exact) mass is 572 g/mol. The van der Waals surface area contributed by atoms with Crippen LogP contribution in [0.15, 0.2) is 42.5 Å². The van der Waals surface area contributed by atoms with Gasteiger partial charge in [-0.3, -0.25) is 9.80 Å². The van der Waals surface area contributed by atoms with Gasteiger partial charge in [-0.15, -0.1) is 0 Å². The minimum atomic E-state index is -0.0751. The molecule has 2 unspecified atom stereocenters. The van der Waals surface area contributed by atoms with Crippen molar-refractivity contribution in [3.8, 4) is 11.5 Å². The summed E-state index contributed by atoms with van der Waals surface area (Å²) in [5, 5.41) is 10.2. The van der Waals surface area contributed by atoms with Crippen molar-refractivity contribution >= 4 is 0 Å². The van der Waals surface area contributed by atoms with Gasteiger partial charge < -0.3 is 14.6 Å². The number of aliphatic hydroxyl groups is 1. The van der Waals surface area contributed by atoms with Crippen LogP contribution in [0.25, 0.3) is 0 Å². The first-order valence-electron chi connectivity index (χ1n) is 17.1. The van der Waals surface area contributed by atoms with Crippen molar-refractivity contribution in [1.29, 1.82) is 0 Å². The quantitative estimate of drug-likeness (QED) is 0.288. The molecule has 1 saturated heterocycles. The van der Waals surface area contributed by atoms with Crippen LogP contribution in [-0.4, -0.2) is 72.5 Å². The normalized spacial score (nSPS) is 32.6. The molecule has 2 aliphatic heterocycles. The molecule has 0 aromatic heterocycles. The van der Waals surface area contributed by atoms with Gasteiger partial charge in [0.05, 0.1) is 13.2 Å². The molecule has 5 aliphatic rings. The Hall–Kier alpha value is -2.08. The number of hydrogen-bond acceptors (Lipinski definition) is 5. The molecule has 5 heteroatoms. The molecule has 2 bridgehead atoms. The van der Waals surface area contributed by atoms with E-state index in [1.165, 1.54) is 74.6 Å². The third-order valence-corrected chi connectivity index (χ3v) is 11.5. The number of benzene rings is 2. The van der Waals surface area contributed by atoms with Gasteiger partial charge in [0, 0.05) is 42.1 Å². The maximum Gasteiger partial charge on any atom is 0.165 e. The van der Waals surface area contributed by atoms with Crippen molar-refractivity contribution in [1.82, 2.24) is 9.80 Å². The van der Waals surface area contributed by atoms with Gasteiger partial charge in [-0.2, -0.15) is 0 Å². The molecule has 228 valence electrons. The smallest absolute Gasteiger partial charge is 0.165 e. The molecule has 1 spiro atoms. The average Bonchev–Trinajstić information content (AvgIpc) is 3.57. The number of ether oxygens (including phenoxy) is 2. The molecule has 0 amide bonds. The lowest BCUT2D eigenvalue weighted by Gasteiger charge is -2.60. The van der Waals surface area contributed by atoms with Gasteiger partial charge >= 0.3 is 0 Å². The zero-order valence-corrected chi connectivity index (χ0v) is 26.1. The summed E-state index contributed by atoms with van der Waals surface area (Å²) in [6.45, 7) is 9.26. The lowest BCUT2D eigenvalue weighted by atomic mass is 9.51. The van der Waals surface area contributed by atoms with E-state index in [4.69, 9.17) is 9.47 Å². The van der Waals surface area contributed by atoms with Crippen molar-refractivity contribution in [3.05, 3.63) is 59.2 Å². The van der Waals surface area contributed by atoms with Crippen molar-refractivity contribution < 1.29 is 14.6 Å². The van der Waals surface area contributed by atoms with Gasteiger partial charge in [0.2, 0.25) is 0 Å². The van der Waals surface area contributed by atoms with Gasteiger partial charge in [-0.1, -0.05) is 63.1 Å². The second kappa shape index (κ2) is 11.8.